The number of carbonyl (C=O) groups is 1. The van der Waals surface area contributed by atoms with Gasteiger partial charge < -0.3 is 15.8 Å². The molecule has 0 aromatic heterocycles. The zero-order chi connectivity index (χ0) is 15.4. The Morgan fingerprint density at radius 2 is 1.95 bits per heavy atom. The fraction of sp³-hybridized carbons (Fsp3) is 0.133. The lowest BCUT2D eigenvalue weighted by Gasteiger charge is -2.20. The van der Waals surface area contributed by atoms with Crippen LogP contribution in [0, 0.1) is 0 Å². The minimum Gasteiger partial charge on any atom is -0.495 e. The molecule has 0 fully saturated rings. The number of carbonyl (C=O) groups excluding carboxylic acids is 1. The van der Waals surface area contributed by atoms with Crippen molar-refractivity contribution in [2.24, 2.45) is 5.73 Å². The number of para-hydroxylation sites is 2. The molecule has 21 heavy (non-hydrogen) atoms. The zero-order valence-electron chi connectivity index (χ0n) is 11.3. The van der Waals surface area contributed by atoms with E-state index in [2.05, 4.69) is 5.32 Å². The lowest BCUT2D eigenvalue weighted by molar-refractivity contribution is -0.118. The van der Waals surface area contributed by atoms with Gasteiger partial charge in [0.05, 0.1) is 12.8 Å². The Hall–Kier alpha value is -1.91. The molecule has 1 unspecified atom stereocenters. The zero-order valence-corrected chi connectivity index (χ0v) is 12.8. The first-order valence-electron chi connectivity index (χ1n) is 6.16. The molecule has 1 atom stereocenters. The quantitative estimate of drug-likeness (QED) is 0.882. The number of ether oxygens (including phenoxy) is 1. The van der Waals surface area contributed by atoms with Gasteiger partial charge in [0.15, 0.2) is 0 Å². The normalized spacial score (nSPS) is 11.8. The van der Waals surface area contributed by atoms with Gasteiger partial charge in [-0.1, -0.05) is 41.4 Å². The van der Waals surface area contributed by atoms with Crippen LogP contribution in [0.3, 0.4) is 0 Å². The van der Waals surface area contributed by atoms with Gasteiger partial charge in [0.2, 0.25) is 5.91 Å². The molecule has 0 aliphatic carbocycles. The number of amides is 1. The van der Waals surface area contributed by atoms with Crippen LogP contribution in [0.15, 0.2) is 42.5 Å². The van der Waals surface area contributed by atoms with Crippen molar-refractivity contribution in [2.45, 2.75) is 6.04 Å². The molecular weight excluding hydrogens is 311 g/mol. The molecule has 2 rings (SSSR count). The summed E-state index contributed by atoms with van der Waals surface area (Å²) in [4.78, 5) is 11.8. The summed E-state index contributed by atoms with van der Waals surface area (Å²) in [6.07, 6.45) is 0. The highest BCUT2D eigenvalue weighted by atomic mass is 35.5. The van der Waals surface area contributed by atoms with Crippen LogP contribution in [-0.4, -0.2) is 13.0 Å². The molecule has 2 aromatic carbocycles. The number of benzene rings is 2. The average Bonchev–Trinajstić information content (AvgIpc) is 2.45. The van der Waals surface area contributed by atoms with Crippen LogP contribution in [0.5, 0.6) is 5.75 Å². The van der Waals surface area contributed by atoms with E-state index in [1.165, 1.54) is 0 Å². The highest BCUT2D eigenvalue weighted by Gasteiger charge is 2.21. The van der Waals surface area contributed by atoms with Crippen LogP contribution in [0.4, 0.5) is 5.69 Å². The van der Waals surface area contributed by atoms with Gasteiger partial charge in [0.25, 0.3) is 0 Å². The van der Waals surface area contributed by atoms with Gasteiger partial charge in [0.1, 0.15) is 11.8 Å². The van der Waals surface area contributed by atoms with Crippen LogP contribution in [0.1, 0.15) is 11.6 Å². The molecule has 2 aromatic rings. The molecule has 0 saturated carbocycles. The van der Waals surface area contributed by atoms with Crippen molar-refractivity contribution in [2.75, 3.05) is 12.4 Å². The van der Waals surface area contributed by atoms with Crippen LogP contribution >= 0.6 is 23.2 Å². The Balaban J connectivity index is 2.38. The van der Waals surface area contributed by atoms with Crippen LogP contribution in [0.2, 0.25) is 10.0 Å². The van der Waals surface area contributed by atoms with Gasteiger partial charge in [-0.15, -0.1) is 0 Å². The second-order valence-electron chi connectivity index (χ2n) is 4.35. The molecule has 4 nitrogen and oxygen atoms in total. The largest absolute Gasteiger partial charge is 0.495 e. The van der Waals surface area contributed by atoms with Gasteiger partial charge in [0, 0.05) is 15.6 Å². The Labute approximate surface area is 132 Å². The van der Waals surface area contributed by atoms with Crippen LogP contribution in [-0.2, 0) is 4.79 Å². The third-order valence-corrected chi connectivity index (χ3v) is 3.53. The smallest absolute Gasteiger partial charge is 0.244 e. The first-order chi connectivity index (χ1) is 10.0. The molecule has 0 heterocycles. The SMILES string of the molecule is COc1ccccc1NC(C(N)=O)c1ccc(Cl)cc1Cl. The lowest BCUT2D eigenvalue weighted by atomic mass is 10.1. The van der Waals surface area contributed by atoms with E-state index in [0.29, 0.717) is 27.0 Å². The number of nitrogens with one attached hydrogen (secondary N) is 1. The molecule has 6 heteroatoms. The Morgan fingerprint density at radius 3 is 2.57 bits per heavy atom. The minimum atomic E-state index is -0.786. The number of methoxy groups -OCH3 is 1. The van der Waals surface area contributed by atoms with Crippen molar-refractivity contribution in [3.8, 4) is 5.75 Å². The number of hydrogen-bond acceptors (Lipinski definition) is 3. The van der Waals surface area contributed by atoms with Crippen molar-refractivity contribution in [1.29, 1.82) is 0 Å². The summed E-state index contributed by atoms with van der Waals surface area (Å²) >= 11 is 12.0. The molecule has 0 aliphatic heterocycles. The fourth-order valence-electron chi connectivity index (χ4n) is 1.96. The van der Waals surface area contributed by atoms with Gasteiger partial charge >= 0.3 is 0 Å². The van der Waals surface area contributed by atoms with E-state index in [0.717, 1.165) is 0 Å². The Morgan fingerprint density at radius 1 is 1.24 bits per heavy atom. The number of hydrogen-bond donors (Lipinski definition) is 2. The molecule has 0 bridgehead atoms. The summed E-state index contributed by atoms with van der Waals surface area (Å²) in [5.74, 6) is 0.0546. The number of halogens is 2. The Bertz CT molecular complexity index is 662. The maximum absolute atomic E-state index is 11.8. The molecular formula is C15H14Cl2N2O2. The summed E-state index contributed by atoms with van der Waals surface area (Å²) in [6.45, 7) is 0. The third-order valence-electron chi connectivity index (χ3n) is 2.96. The topological polar surface area (TPSA) is 64.3 Å². The monoisotopic (exact) mass is 324 g/mol. The van der Waals surface area contributed by atoms with Crippen LogP contribution in [0.25, 0.3) is 0 Å². The number of nitrogens with two attached hydrogens (primary N) is 1. The summed E-state index contributed by atoms with van der Waals surface area (Å²) in [6, 6.07) is 11.3. The third kappa shape index (κ3) is 3.60. The van der Waals surface area contributed by atoms with E-state index >= 15 is 0 Å². The molecule has 3 N–H and O–H groups in total. The minimum absolute atomic E-state index is 0.369. The lowest BCUT2D eigenvalue weighted by Crippen LogP contribution is -2.28. The van der Waals surface area contributed by atoms with E-state index < -0.39 is 11.9 Å². The average molecular weight is 325 g/mol. The van der Waals surface area contributed by atoms with Gasteiger partial charge in [-0.25, -0.2) is 0 Å². The number of anilines is 1. The number of primary amides is 1. The van der Waals surface area contributed by atoms with Crippen molar-refractivity contribution < 1.29 is 9.53 Å². The standard InChI is InChI=1S/C15H14Cl2N2O2/c1-21-13-5-3-2-4-12(13)19-14(15(18)20)10-7-6-9(16)8-11(10)17/h2-8,14,19H,1H3,(H2,18,20). The predicted molar refractivity (Wildman–Crippen MR) is 85.0 cm³/mol. The summed E-state index contributed by atoms with van der Waals surface area (Å²) in [7, 11) is 1.55. The molecule has 1 amide bonds. The number of rotatable bonds is 5. The summed E-state index contributed by atoms with van der Waals surface area (Å²) in [5, 5.41) is 3.91. The molecule has 110 valence electrons. The fourth-order valence-corrected chi connectivity index (χ4v) is 2.47. The van der Waals surface area contributed by atoms with Crippen molar-refractivity contribution in [1.82, 2.24) is 0 Å². The molecule has 0 spiro atoms. The maximum atomic E-state index is 11.8. The highest BCUT2D eigenvalue weighted by Crippen LogP contribution is 2.31. The first kappa shape index (κ1) is 15.5. The van der Waals surface area contributed by atoms with E-state index in [1.807, 2.05) is 12.1 Å². The van der Waals surface area contributed by atoms with E-state index in [1.54, 1.807) is 37.4 Å². The van der Waals surface area contributed by atoms with Crippen molar-refractivity contribution >= 4 is 34.8 Å². The van der Waals surface area contributed by atoms with Crippen molar-refractivity contribution in [3.63, 3.8) is 0 Å². The van der Waals surface area contributed by atoms with Crippen molar-refractivity contribution in [3.05, 3.63) is 58.1 Å². The highest BCUT2D eigenvalue weighted by molar-refractivity contribution is 6.35. The van der Waals surface area contributed by atoms with Crippen LogP contribution < -0.4 is 15.8 Å². The summed E-state index contributed by atoms with van der Waals surface area (Å²) in [5.41, 5.74) is 6.68. The maximum Gasteiger partial charge on any atom is 0.244 e. The second-order valence-corrected chi connectivity index (χ2v) is 5.19. The molecule has 0 radical (unpaired) electrons. The van der Waals surface area contributed by atoms with E-state index in [9.17, 15) is 4.79 Å². The van der Waals surface area contributed by atoms with E-state index in [4.69, 9.17) is 33.7 Å². The second kappa shape index (κ2) is 6.70. The Kier molecular flexibility index (Phi) is 4.94. The summed E-state index contributed by atoms with van der Waals surface area (Å²) < 4.78 is 5.24. The molecule has 0 saturated heterocycles. The molecule has 0 aliphatic rings. The predicted octanol–water partition coefficient (Wildman–Crippen LogP) is 3.64. The van der Waals surface area contributed by atoms with Gasteiger partial charge in [-0.2, -0.15) is 0 Å². The first-order valence-corrected chi connectivity index (χ1v) is 6.92. The van der Waals surface area contributed by atoms with Gasteiger partial charge in [-0.05, 0) is 24.3 Å². The van der Waals surface area contributed by atoms with Gasteiger partial charge in [-0.3, -0.25) is 4.79 Å². The van der Waals surface area contributed by atoms with E-state index in [-0.39, 0.29) is 0 Å².